The van der Waals surface area contributed by atoms with Gasteiger partial charge in [0.2, 0.25) is 5.95 Å². The highest BCUT2D eigenvalue weighted by atomic mass is 16.2. The van der Waals surface area contributed by atoms with Crippen LogP contribution in [0.1, 0.15) is 20.8 Å². The standard InChI is InChI=1S/C19H25N7O2/c1-24(2)9-8-21-17(27)15-4-7-20-16(14-15)18(28)25-10-12-26(13-11-25)19-22-5-3-6-23-19/h3-7,14H,8-13H2,1-2H3,(H,21,27). The van der Waals surface area contributed by atoms with Crippen LogP contribution in [-0.2, 0) is 0 Å². The van der Waals surface area contributed by atoms with Gasteiger partial charge >= 0.3 is 0 Å². The molecular weight excluding hydrogens is 358 g/mol. The van der Waals surface area contributed by atoms with Gasteiger partial charge in [-0.25, -0.2) is 9.97 Å². The van der Waals surface area contributed by atoms with E-state index in [2.05, 4.69) is 20.3 Å². The van der Waals surface area contributed by atoms with Crippen molar-refractivity contribution in [2.75, 3.05) is 58.3 Å². The van der Waals surface area contributed by atoms with Crippen molar-refractivity contribution in [1.29, 1.82) is 0 Å². The zero-order valence-corrected chi connectivity index (χ0v) is 16.2. The van der Waals surface area contributed by atoms with E-state index in [1.807, 2.05) is 23.9 Å². The maximum absolute atomic E-state index is 12.8. The van der Waals surface area contributed by atoms with Crippen molar-refractivity contribution in [2.45, 2.75) is 0 Å². The Morgan fingerprint density at radius 2 is 1.79 bits per heavy atom. The first-order chi connectivity index (χ1) is 13.5. The van der Waals surface area contributed by atoms with Crippen molar-refractivity contribution in [1.82, 2.24) is 30.1 Å². The van der Waals surface area contributed by atoms with Crippen LogP contribution in [0.15, 0.2) is 36.8 Å². The normalized spacial score (nSPS) is 14.2. The van der Waals surface area contributed by atoms with Crippen LogP contribution in [0, 0.1) is 0 Å². The quantitative estimate of drug-likeness (QED) is 0.757. The number of piperazine rings is 1. The van der Waals surface area contributed by atoms with Gasteiger partial charge in [0.05, 0.1) is 0 Å². The van der Waals surface area contributed by atoms with Crippen molar-refractivity contribution < 1.29 is 9.59 Å². The van der Waals surface area contributed by atoms with Crippen LogP contribution in [-0.4, -0.2) is 89.9 Å². The first-order valence-corrected chi connectivity index (χ1v) is 9.25. The molecule has 1 aliphatic rings. The lowest BCUT2D eigenvalue weighted by Crippen LogP contribution is -2.49. The number of rotatable bonds is 6. The Balaban J connectivity index is 1.58. The third kappa shape index (κ3) is 5.01. The van der Waals surface area contributed by atoms with Crippen molar-refractivity contribution in [2.24, 2.45) is 0 Å². The zero-order valence-electron chi connectivity index (χ0n) is 16.2. The average molecular weight is 383 g/mol. The molecule has 1 saturated heterocycles. The Morgan fingerprint density at radius 1 is 1.07 bits per heavy atom. The molecular formula is C19H25N7O2. The summed E-state index contributed by atoms with van der Waals surface area (Å²) < 4.78 is 0. The van der Waals surface area contributed by atoms with Crippen molar-refractivity contribution in [3.05, 3.63) is 48.0 Å². The molecule has 1 aliphatic heterocycles. The number of hydrogen-bond donors (Lipinski definition) is 1. The summed E-state index contributed by atoms with van der Waals surface area (Å²) >= 11 is 0. The number of amides is 2. The number of anilines is 1. The Kier molecular flexibility index (Phi) is 6.49. The fourth-order valence-corrected chi connectivity index (χ4v) is 2.91. The van der Waals surface area contributed by atoms with E-state index in [0.717, 1.165) is 6.54 Å². The molecule has 1 N–H and O–H groups in total. The first kappa shape index (κ1) is 19.7. The van der Waals surface area contributed by atoms with E-state index in [1.54, 1.807) is 35.5 Å². The summed E-state index contributed by atoms with van der Waals surface area (Å²) in [7, 11) is 3.89. The van der Waals surface area contributed by atoms with Crippen LogP contribution in [0.25, 0.3) is 0 Å². The molecule has 28 heavy (non-hydrogen) atoms. The second kappa shape index (κ2) is 9.23. The van der Waals surface area contributed by atoms with E-state index in [0.29, 0.717) is 44.2 Å². The van der Waals surface area contributed by atoms with Gasteiger partial charge < -0.3 is 20.0 Å². The third-order valence-corrected chi connectivity index (χ3v) is 4.49. The molecule has 1 fully saturated rings. The lowest BCUT2D eigenvalue weighted by atomic mass is 10.2. The van der Waals surface area contributed by atoms with E-state index in [-0.39, 0.29) is 17.5 Å². The number of nitrogens with one attached hydrogen (secondary N) is 1. The smallest absolute Gasteiger partial charge is 0.272 e. The molecule has 3 heterocycles. The molecule has 0 saturated carbocycles. The molecule has 0 aromatic carbocycles. The number of carbonyl (C=O) groups excluding carboxylic acids is 2. The van der Waals surface area contributed by atoms with Gasteiger partial charge in [0.25, 0.3) is 11.8 Å². The summed E-state index contributed by atoms with van der Waals surface area (Å²) in [6.45, 7) is 3.70. The monoisotopic (exact) mass is 383 g/mol. The highest BCUT2D eigenvalue weighted by Gasteiger charge is 2.24. The Bertz CT molecular complexity index is 805. The molecule has 3 rings (SSSR count). The van der Waals surface area contributed by atoms with Gasteiger partial charge in [-0.05, 0) is 32.3 Å². The van der Waals surface area contributed by atoms with Crippen LogP contribution in [0.2, 0.25) is 0 Å². The Morgan fingerprint density at radius 3 is 2.46 bits per heavy atom. The molecule has 2 amide bonds. The summed E-state index contributed by atoms with van der Waals surface area (Å²) in [5, 5.41) is 2.85. The SMILES string of the molecule is CN(C)CCNC(=O)c1ccnc(C(=O)N2CCN(c3ncccn3)CC2)c1. The predicted octanol–water partition coefficient (Wildman–Crippen LogP) is 0.125. The van der Waals surface area contributed by atoms with E-state index in [4.69, 9.17) is 0 Å². The fraction of sp³-hybridized carbons (Fsp3) is 0.421. The largest absolute Gasteiger partial charge is 0.351 e. The zero-order chi connectivity index (χ0) is 19.9. The molecule has 0 aliphatic carbocycles. The lowest BCUT2D eigenvalue weighted by Gasteiger charge is -2.34. The number of hydrogen-bond acceptors (Lipinski definition) is 7. The molecule has 9 heteroatoms. The predicted molar refractivity (Wildman–Crippen MR) is 105 cm³/mol. The van der Waals surface area contributed by atoms with Gasteiger partial charge in [-0.15, -0.1) is 0 Å². The van der Waals surface area contributed by atoms with Crippen LogP contribution < -0.4 is 10.2 Å². The number of pyridine rings is 1. The number of aromatic nitrogens is 3. The van der Waals surface area contributed by atoms with Gasteiger partial charge in [-0.1, -0.05) is 0 Å². The van der Waals surface area contributed by atoms with Crippen molar-refractivity contribution in [3.8, 4) is 0 Å². The third-order valence-electron chi connectivity index (χ3n) is 4.49. The second-order valence-electron chi connectivity index (χ2n) is 6.82. The Labute approximate surface area is 164 Å². The van der Waals surface area contributed by atoms with Gasteiger partial charge in [-0.2, -0.15) is 0 Å². The summed E-state index contributed by atoms with van der Waals surface area (Å²) in [5.74, 6) is 0.296. The maximum atomic E-state index is 12.8. The van der Waals surface area contributed by atoms with Gasteiger partial charge in [0, 0.05) is 63.4 Å². The van der Waals surface area contributed by atoms with Crippen LogP contribution >= 0.6 is 0 Å². The van der Waals surface area contributed by atoms with Crippen LogP contribution in [0.4, 0.5) is 5.95 Å². The molecule has 0 radical (unpaired) electrons. The van der Waals surface area contributed by atoms with Crippen molar-refractivity contribution in [3.63, 3.8) is 0 Å². The van der Waals surface area contributed by atoms with Crippen molar-refractivity contribution >= 4 is 17.8 Å². The fourth-order valence-electron chi connectivity index (χ4n) is 2.91. The number of carbonyl (C=O) groups is 2. The minimum Gasteiger partial charge on any atom is -0.351 e. The summed E-state index contributed by atoms with van der Waals surface area (Å²) in [6.07, 6.45) is 4.92. The summed E-state index contributed by atoms with van der Waals surface area (Å²) in [6, 6.07) is 4.95. The van der Waals surface area contributed by atoms with Gasteiger partial charge in [0.15, 0.2) is 0 Å². The molecule has 2 aromatic heterocycles. The maximum Gasteiger partial charge on any atom is 0.272 e. The minimum atomic E-state index is -0.204. The van der Waals surface area contributed by atoms with E-state index >= 15 is 0 Å². The number of nitrogens with zero attached hydrogens (tertiary/aromatic N) is 6. The van der Waals surface area contributed by atoms with Crippen LogP contribution in [0.3, 0.4) is 0 Å². The highest BCUT2D eigenvalue weighted by molar-refractivity contribution is 5.98. The first-order valence-electron chi connectivity index (χ1n) is 9.25. The molecule has 0 atom stereocenters. The minimum absolute atomic E-state index is 0.170. The summed E-state index contributed by atoms with van der Waals surface area (Å²) in [5.41, 5.74) is 0.720. The summed E-state index contributed by atoms with van der Waals surface area (Å²) in [4.78, 5) is 43.5. The topological polar surface area (TPSA) is 94.6 Å². The Hall–Kier alpha value is -3.07. The number of likely N-dealkylation sites (N-methyl/N-ethyl adjacent to an activating group) is 1. The van der Waals surface area contributed by atoms with Gasteiger partial charge in [0.1, 0.15) is 5.69 Å². The molecule has 0 bridgehead atoms. The molecule has 9 nitrogen and oxygen atoms in total. The second-order valence-corrected chi connectivity index (χ2v) is 6.82. The van der Waals surface area contributed by atoms with Gasteiger partial charge in [-0.3, -0.25) is 14.6 Å². The van der Waals surface area contributed by atoms with E-state index in [9.17, 15) is 9.59 Å². The lowest BCUT2D eigenvalue weighted by molar-refractivity contribution is 0.0740. The molecule has 148 valence electrons. The molecule has 0 spiro atoms. The molecule has 0 unspecified atom stereocenters. The highest BCUT2D eigenvalue weighted by Crippen LogP contribution is 2.12. The van der Waals surface area contributed by atoms with E-state index < -0.39 is 0 Å². The molecule has 2 aromatic rings. The van der Waals surface area contributed by atoms with E-state index in [1.165, 1.54) is 6.20 Å². The van der Waals surface area contributed by atoms with Crippen LogP contribution in [0.5, 0.6) is 0 Å². The average Bonchev–Trinajstić information content (AvgIpc) is 2.74.